The highest BCUT2D eigenvalue weighted by Gasteiger charge is 2.33. The van der Waals surface area contributed by atoms with Crippen LogP contribution in [-0.4, -0.2) is 50.6 Å². The van der Waals surface area contributed by atoms with Crippen LogP contribution in [0.1, 0.15) is 41.3 Å². The fraction of sp³-hybridized carbons (Fsp3) is 0.286. The number of alkyl halides is 3. The Morgan fingerprint density at radius 3 is 2.48 bits per heavy atom. The van der Waals surface area contributed by atoms with Gasteiger partial charge in [-0.05, 0) is 61.9 Å². The third-order valence-electron chi connectivity index (χ3n) is 5.82. The van der Waals surface area contributed by atoms with Crippen LogP contribution in [0.5, 0.6) is 11.5 Å². The minimum atomic E-state index is -4.85. The number of amides is 1. The van der Waals surface area contributed by atoms with E-state index in [-0.39, 0.29) is 46.9 Å². The molecule has 1 amide bonds. The summed E-state index contributed by atoms with van der Waals surface area (Å²) in [4.78, 5) is 29.0. The number of aliphatic imine (C=N–C) groups is 1. The fourth-order valence-corrected chi connectivity index (χ4v) is 4.06. The van der Waals surface area contributed by atoms with E-state index < -0.39 is 29.3 Å². The molecule has 2 aromatic carbocycles. The smallest absolute Gasteiger partial charge is 0.433 e. The SMILES string of the molecule is C=N/C(=C\C(C#N)=C(/C)c1cc(C(=O)N(C)c2c(C)cccc2OC)c(OCCCC(=O)O)cc1Cl)C(F)(F)F. The largest absolute Gasteiger partial charge is 0.495 e. The van der Waals surface area contributed by atoms with Crippen LogP contribution in [0.25, 0.3) is 5.57 Å². The van der Waals surface area contributed by atoms with Crippen molar-refractivity contribution in [3.05, 3.63) is 69.4 Å². The fourth-order valence-electron chi connectivity index (χ4n) is 3.77. The zero-order chi connectivity index (χ0) is 30.2. The van der Waals surface area contributed by atoms with Crippen molar-refractivity contribution in [3.8, 4) is 17.6 Å². The Labute approximate surface area is 234 Å². The van der Waals surface area contributed by atoms with Crippen molar-refractivity contribution in [2.24, 2.45) is 4.99 Å². The standard InChI is InChI=1S/C28H27ClF3N3O5/c1-16-8-6-9-22(39-5)26(16)35(4)27(38)20-13-19(21(29)14-23(20)40-11-7-10-25(36)37)17(2)18(15-33)12-24(34-3)28(30,31)32/h6,8-9,12-14H,3,7,10-11H2,1-2,4-5H3,(H,36,37)/b18-17-,24-12-. The molecule has 0 aliphatic rings. The number of allylic oxidation sites excluding steroid dienone is 4. The van der Waals surface area contributed by atoms with Gasteiger partial charge in [-0.25, -0.2) is 0 Å². The summed E-state index contributed by atoms with van der Waals surface area (Å²) in [6.07, 6.45) is -4.34. The molecule has 40 heavy (non-hydrogen) atoms. The Kier molecular flexibility index (Phi) is 10.9. The Balaban J connectivity index is 2.73. The molecule has 0 bridgehead atoms. The topological polar surface area (TPSA) is 112 Å². The van der Waals surface area contributed by atoms with Gasteiger partial charge in [0.2, 0.25) is 0 Å². The first-order valence-electron chi connectivity index (χ1n) is 11.7. The predicted octanol–water partition coefficient (Wildman–Crippen LogP) is 6.62. The molecule has 1 N–H and O–H groups in total. The van der Waals surface area contributed by atoms with Crippen LogP contribution in [0.4, 0.5) is 18.9 Å². The van der Waals surface area contributed by atoms with Gasteiger partial charge in [-0.1, -0.05) is 23.7 Å². The summed E-state index contributed by atoms with van der Waals surface area (Å²) in [6, 6.07) is 9.53. The number of ether oxygens (including phenoxy) is 2. The van der Waals surface area contributed by atoms with Crippen LogP contribution < -0.4 is 14.4 Å². The van der Waals surface area contributed by atoms with Gasteiger partial charge < -0.3 is 19.5 Å². The van der Waals surface area contributed by atoms with Crippen molar-refractivity contribution in [1.29, 1.82) is 5.26 Å². The predicted molar refractivity (Wildman–Crippen MR) is 146 cm³/mol. The van der Waals surface area contributed by atoms with Crippen LogP contribution in [-0.2, 0) is 4.79 Å². The van der Waals surface area contributed by atoms with Crippen molar-refractivity contribution in [3.63, 3.8) is 0 Å². The Morgan fingerprint density at radius 2 is 1.93 bits per heavy atom. The van der Waals surface area contributed by atoms with Gasteiger partial charge in [0.15, 0.2) is 0 Å². The summed E-state index contributed by atoms with van der Waals surface area (Å²) < 4.78 is 50.9. The molecule has 0 heterocycles. The number of rotatable bonds is 11. The first-order valence-corrected chi connectivity index (χ1v) is 12.1. The van der Waals surface area contributed by atoms with Crippen LogP contribution in [0.2, 0.25) is 5.02 Å². The van der Waals surface area contributed by atoms with Gasteiger partial charge in [-0.15, -0.1) is 0 Å². The molecular weight excluding hydrogens is 551 g/mol. The number of carboxylic acids is 1. The number of benzene rings is 2. The van der Waals surface area contributed by atoms with Crippen molar-refractivity contribution in [2.75, 3.05) is 25.7 Å². The average molecular weight is 578 g/mol. The number of halogens is 4. The summed E-state index contributed by atoms with van der Waals surface area (Å²) in [5.74, 6) is -1.17. The summed E-state index contributed by atoms with van der Waals surface area (Å²) in [6.45, 7) is 6.02. The van der Waals surface area contributed by atoms with Gasteiger partial charge in [0.05, 0.1) is 41.6 Å². The average Bonchev–Trinajstić information content (AvgIpc) is 2.89. The highest BCUT2D eigenvalue weighted by molar-refractivity contribution is 6.33. The maximum atomic E-state index is 13.8. The molecule has 8 nitrogen and oxygen atoms in total. The van der Waals surface area contributed by atoms with Crippen molar-refractivity contribution < 1.29 is 37.3 Å². The molecule has 2 rings (SSSR count). The molecule has 0 aliphatic carbocycles. The number of hydrogen-bond donors (Lipinski definition) is 1. The van der Waals surface area contributed by atoms with Crippen molar-refractivity contribution >= 4 is 41.5 Å². The number of para-hydroxylation sites is 1. The van der Waals surface area contributed by atoms with Gasteiger partial charge in [-0.2, -0.15) is 18.4 Å². The lowest BCUT2D eigenvalue weighted by Gasteiger charge is -2.24. The molecule has 0 spiro atoms. The molecular formula is C28H27ClF3N3O5. The van der Waals surface area contributed by atoms with Gasteiger partial charge in [-0.3, -0.25) is 14.6 Å². The zero-order valence-electron chi connectivity index (χ0n) is 22.2. The van der Waals surface area contributed by atoms with Crippen molar-refractivity contribution in [2.45, 2.75) is 32.9 Å². The summed E-state index contributed by atoms with van der Waals surface area (Å²) in [5, 5.41) is 18.5. The molecule has 12 heteroatoms. The van der Waals surface area contributed by atoms with Gasteiger partial charge in [0, 0.05) is 19.5 Å². The third kappa shape index (κ3) is 7.64. The summed E-state index contributed by atoms with van der Waals surface area (Å²) in [7, 11) is 2.96. The Bertz CT molecular complexity index is 1410. The van der Waals surface area contributed by atoms with Crippen LogP contribution >= 0.6 is 11.6 Å². The van der Waals surface area contributed by atoms with Crippen molar-refractivity contribution in [1.82, 2.24) is 0 Å². The Morgan fingerprint density at radius 1 is 1.25 bits per heavy atom. The minimum Gasteiger partial charge on any atom is -0.495 e. The summed E-state index contributed by atoms with van der Waals surface area (Å²) >= 11 is 6.45. The Hall–Kier alpha value is -4.30. The molecule has 2 aromatic rings. The monoisotopic (exact) mass is 577 g/mol. The lowest BCUT2D eigenvalue weighted by Crippen LogP contribution is -2.28. The number of methoxy groups -OCH3 is 1. The van der Waals surface area contributed by atoms with E-state index in [1.54, 1.807) is 31.2 Å². The molecule has 0 fully saturated rings. The number of carbonyl (C=O) groups excluding carboxylic acids is 1. The quantitative estimate of drug-likeness (QED) is 0.139. The molecule has 0 saturated heterocycles. The molecule has 0 radical (unpaired) electrons. The molecule has 0 aliphatic heterocycles. The van der Waals surface area contributed by atoms with E-state index in [0.717, 1.165) is 5.56 Å². The lowest BCUT2D eigenvalue weighted by atomic mass is 9.98. The number of carboxylic acid groups (broad SMARTS) is 1. The van der Waals surface area contributed by atoms with Gasteiger partial charge in [0.25, 0.3) is 5.91 Å². The summed E-state index contributed by atoms with van der Waals surface area (Å²) in [5.41, 5.74) is -0.473. The van der Waals surface area contributed by atoms with E-state index in [9.17, 15) is 28.0 Å². The highest BCUT2D eigenvalue weighted by atomic mass is 35.5. The second kappa shape index (κ2) is 13.7. The molecule has 0 unspecified atom stereocenters. The maximum absolute atomic E-state index is 13.8. The van der Waals surface area contributed by atoms with E-state index in [1.807, 2.05) is 0 Å². The number of aliphatic carboxylic acids is 1. The van der Waals surface area contributed by atoms with E-state index in [2.05, 4.69) is 11.7 Å². The second-order valence-electron chi connectivity index (χ2n) is 8.50. The van der Waals surface area contributed by atoms with Crippen LogP contribution in [0.15, 0.2) is 52.7 Å². The third-order valence-corrected chi connectivity index (χ3v) is 6.14. The van der Waals surface area contributed by atoms with E-state index >= 15 is 0 Å². The normalized spacial score (nSPS) is 12.2. The number of nitrogens with zero attached hydrogens (tertiary/aromatic N) is 3. The number of nitriles is 1. The zero-order valence-corrected chi connectivity index (χ0v) is 23.0. The number of hydrogen-bond acceptors (Lipinski definition) is 6. The van der Waals surface area contributed by atoms with E-state index in [1.165, 1.54) is 38.1 Å². The van der Waals surface area contributed by atoms with Crippen LogP contribution in [0, 0.1) is 18.3 Å². The van der Waals surface area contributed by atoms with E-state index in [4.69, 9.17) is 26.2 Å². The molecule has 212 valence electrons. The van der Waals surface area contributed by atoms with Gasteiger partial charge >= 0.3 is 12.1 Å². The second-order valence-corrected chi connectivity index (χ2v) is 8.91. The highest BCUT2D eigenvalue weighted by Crippen LogP contribution is 2.37. The van der Waals surface area contributed by atoms with Gasteiger partial charge in [0.1, 0.15) is 17.2 Å². The number of anilines is 1. The number of carbonyl (C=O) groups is 2. The molecule has 0 atom stereocenters. The lowest BCUT2D eigenvalue weighted by molar-refractivity contribution is -0.137. The first kappa shape index (κ1) is 31.9. The first-order chi connectivity index (χ1) is 18.8. The molecule has 0 saturated carbocycles. The minimum absolute atomic E-state index is 0.0142. The number of aryl methyl sites for hydroxylation is 1. The maximum Gasteiger partial charge on any atom is 0.433 e. The van der Waals surface area contributed by atoms with E-state index in [0.29, 0.717) is 17.5 Å². The molecule has 0 aromatic heterocycles. The van der Waals surface area contributed by atoms with Crippen LogP contribution in [0.3, 0.4) is 0 Å².